The van der Waals surface area contributed by atoms with Gasteiger partial charge in [-0.2, -0.15) is 0 Å². The lowest BCUT2D eigenvalue weighted by atomic mass is 9.94. The van der Waals surface area contributed by atoms with Gasteiger partial charge in [0, 0.05) is 19.1 Å². The second-order valence-electron chi connectivity index (χ2n) is 3.20. The highest BCUT2D eigenvalue weighted by Crippen LogP contribution is 2.17. The van der Waals surface area contributed by atoms with Crippen molar-refractivity contribution >= 4 is 5.78 Å². The molecule has 1 aliphatic rings. The average Bonchev–Trinajstić information content (AvgIpc) is 1.84. The minimum Gasteiger partial charge on any atom is -0.381 e. The first-order chi connectivity index (χ1) is 5.30. The van der Waals surface area contributed by atoms with Crippen molar-refractivity contribution < 1.29 is 9.53 Å². The zero-order chi connectivity index (χ0) is 8.10. The summed E-state index contributed by atoms with van der Waals surface area (Å²) in [7, 11) is 0. The van der Waals surface area contributed by atoms with Gasteiger partial charge < -0.3 is 4.74 Å². The van der Waals surface area contributed by atoms with Gasteiger partial charge in [-0.1, -0.05) is 0 Å². The maximum absolute atomic E-state index is 11.0. The average molecular weight is 156 g/mol. The molecule has 1 aliphatic heterocycles. The van der Waals surface area contributed by atoms with Crippen LogP contribution in [-0.4, -0.2) is 19.0 Å². The molecule has 1 fully saturated rings. The van der Waals surface area contributed by atoms with E-state index in [1.807, 2.05) is 0 Å². The van der Waals surface area contributed by atoms with Gasteiger partial charge in [-0.3, -0.25) is 4.79 Å². The van der Waals surface area contributed by atoms with E-state index >= 15 is 0 Å². The van der Waals surface area contributed by atoms with Crippen molar-refractivity contribution in [3.63, 3.8) is 0 Å². The standard InChI is InChI=1S/C9H16O2/c1-8(10)9-4-2-6-11-7-3-5-9/h9H,2-7H2,1H3. The quantitative estimate of drug-likeness (QED) is 0.578. The largest absolute Gasteiger partial charge is 0.381 e. The van der Waals surface area contributed by atoms with Crippen LogP contribution in [0.2, 0.25) is 0 Å². The number of hydrogen-bond acceptors (Lipinski definition) is 2. The van der Waals surface area contributed by atoms with Crippen molar-refractivity contribution in [3.8, 4) is 0 Å². The second kappa shape index (κ2) is 4.50. The monoisotopic (exact) mass is 156 g/mol. The highest BCUT2D eigenvalue weighted by atomic mass is 16.5. The van der Waals surface area contributed by atoms with Crippen molar-refractivity contribution in [1.29, 1.82) is 0 Å². The molecule has 2 heteroatoms. The molecule has 0 saturated carbocycles. The van der Waals surface area contributed by atoms with Gasteiger partial charge in [0.15, 0.2) is 0 Å². The van der Waals surface area contributed by atoms with Crippen molar-refractivity contribution in [2.24, 2.45) is 5.92 Å². The number of rotatable bonds is 1. The molecule has 0 amide bonds. The maximum atomic E-state index is 11.0. The Morgan fingerprint density at radius 1 is 1.27 bits per heavy atom. The van der Waals surface area contributed by atoms with Crippen molar-refractivity contribution in [1.82, 2.24) is 0 Å². The van der Waals surface area contributed by atoms with Crippen LogP contribution >= 0.6 is 0 Å². The lowest BCUT2D eigenvalue weighted by Crippen LogP contribution is -2.15. The zero-order valence-electron chi connectivity index (χ0n) is 7.14. The van der Waals surface area contributed by atoms with Crippen molar-refractivity contribution in [2.75, 3.05) is 13.2 Å². The van der Waals surface area contributed by atoms with Gasteiger partial charge >= 0.3 is 0 Å². The molecule has 11 heavy (non-hydrogen) atoms. The van der Waals surface area contributed by atoms with E-state index in [-0.39, 0.29) is 0 Å². The predicted molar refractivity (Wildman–Crippen MR) is 43.5 cm³/mol. The minimum atomic E-state index is 0.318. The van der Waals surface area contributed by atoms with E-state index in [9.17, 15) is 4.79 Å². The first-order valence-corrected chi connectivity index (χ1v) is 4.39. The fraction of sp³-hybridized carbons (Fsp3) is 0.889. The highest BCUT2D eigenvalue weighted by molar-refractivity contribution is 5.78. The van der Waals surface area contributed by atoms with Gasteiger partial charge in [-0.25, -0.2) is 0 Å². The van der Waals surface area contributed by atoms with E-state index in [0.29, 0.717) is 11.7 Å². The molecule has 0 aromatic heterocycles. The van der Waals surface area contributed by atoms with Crippen LogP contribution in [0, 0.1) is 5.92 Å². The van der Waals surface area contributed by atoms with Crippen molar-refractivity contribution in [2.45, 2.75) is 32.6 Å². The Balaban J connectivity index is 2.32. The van der Waals surface area contributed by atoms with Crippen LogP contribution < -0.4 is 0 Å². The fourth-order valence-corrected chi connectivity index (χ4v) is 1.52. The van der Waals surface area contributed by atoms with E-state index in [1.54, 1.807) is 6.92 Å². The number of ether oxygens (including phenoxy) is 1. The number of carbonyl (C=O) groups excluding carboxylic acids is 1. The molecule has 64 valence electrons. The number of carbonyl (C=O) groups is 1. The Kier molecular flexibility index (Phi) is 3.57. The third-order valence-corrected chi connectivity index (χ3v) is 2.26. The summed E-state index contributed by atoms with van der Waals surface area (Å²) in [5.41, 5.74) is 0. The summed E-state index contributed by atoms with van der Waals surface area (Å²) in [5.74, 6) is 0.672. The lowest BCUT2D eigenvalue weighted by Gasteiger charge is -2.16. The summed E-state index contributed by atoms with van der Waals surface area (Å²) in [6, 6.07) is 0. The van der Waals surface area contributed by atoms with E-state index in [2.05, 4.69) is 0 Å². The summed E-state index contributed by atoms with van der Waals surface area (Å²) in [6.45, 7) is 3.38. The molecule has 0 spiro atoms. The first-order valence-electron chi connectivity index (χ1n) is 4.39. The summed E-state index contributed by atoms with van der Waals surface area (Å²) in [5, 5.41) is 0. The van der Waals surface area contributed by atoms with E-state index in [0.717, 1.165) is 38.9 Å². The second-order valence-corrected chi connectivity index (χ2v) is 3.20. The van der Waals surface area contributed by atoms with Gasteiger partial charge in [0.1, 0.15) is 5.78 Å². The molecule has 0 bridgehead atoms. The summed E-state index contributed by atoms with van der Waals surface area (Å²) in [4.78, 5) is 11.0. The zero-order valence-corrected chi connectivity index (χ0v) is 7.14. The minimum absolute atomic E-state index is 0.318. The molecule has 1 saturated heterocycles. The Morgan fingerprint density at radius 2 is 1.82 bits per heavy atom. The van der Waals surface area contributed by atoms with Crippen LogP contribution in [0.4, 0.5) is 0 Å². The summed E-state index contributed by atoms with van der Waals surface area (Å²) < 4.78 is 5.29. The Labute approximate surface area is 67.9 Å². The van der Waals surface area contributed by atoms with Crippen LogP contribution in [0.3, 0.4) is 0 Å². The highest BCUT2D eigenvalue weighted by Gasteiger charge is 2.14. The van der Waals surface area contributed by atoms with Gasteiger partial charge in [-0.05, 0) is 32.6 Å². The summed E-state index contributed by atoms with van der Waals surface area (Å²) >= 11 is 0. The number of hydrogen-bond donors (Lipinski definition) is 0. The van der Waals surface area contributed by atoms with Crippen molar-refractivity contribution in [3.05, 3.63) is 0 Å². The number of ketones is 1. The van der Waals surface area contributed by atoms with Gasteiger partial charge in [0.2, 0.25) is 0 Å². The predicted octanol–water partition coefficient (Wildman–Crippen LogP) is 1.78. The number of Topliss-reactive ketones (excluding diaryl/α,β-unsaturated/α-hetero) is 1. The molecule has 0 radical (unpaired) electrons. The molecule has 0 aliphatic carbocycles. The molecular formula is C9H16O2. The van der Waals surface area contributed by atoms with Crippen LogP contribution in [-0.2, 0) is 9.53 Å². The first kappa shape index (κ1) is 8.72. The molecule has 0 N–H and O–H groups in total. The maximum Gasteiger partial charge on any atom is 0.132 e. The van der Waals surface area contributed by atoms with E-state index in [4.69, 9.17) is 4.74 Å². The third-order valence-electron chi connectivity index (χ3n) is 2.26. The normalized spacial score (nSPS) is 22.3. The molecule has 1 rings (SSSR count). The molecule has 2 nitrogen and oxygen atoms in total. The molecule has 0 unspecified atom stereocenters. The van der Waals surface area contributed by atoms with Crippen LogP contribution in [0.1, 0.15) is 32.6 Å². The summed E-state index contributed by atoms with van der Waals surface area (Å²) in [6.07, 6.45) is 4.14. The van der Waals surface area contributed by atoms with Gasteiger partial charge in [0.25, 0.3) is 0 Å². The molecule has 1 heterocycles. The molecule has 0 aromatic carbocycles. The Hall–Kier alpha value is -0.370. The van der Waals surface area contributed by atoms with Crippen LogP contribution in [0.25, 0.3) is 0 Å². The van der Waals surface area contributed by atoms with E-state index < -0.39 is 0 Å². The lowest BCUT2D eigenvalue weighted by molar-refractivity contribution is -0.121. The topological polar surface area (TPSA) is 26.3 Å². The molecular weight excluding hydrogens is 140 g/mol. The van der Waals surface area contributed by atoms with E-state index in [1.165, 1.54) is 0 Å². The SMILES string of the molecule is CC(=O)C1CCCOCCC1. The Morgan fingerprint density at radius 3 is 2.27 bits per heavy atom. The van der Waals surface area contributed by atoms with Crippen LogP contribution in [0.15, 0.2) is 0 Å². The molecule has 0 atom stereocenters. The molecule has 0 aromatic rings. The van der Waals surface area contributed by atoms with Gasteiger partial charge in [-0.15, -0.1) is 0 Å². The van der Waals surface area contributed by atoms with Crippen LogP contribution in [0.5, 0.6) is 0 Å². The van der Waals surface area contributed by atoms with Gasteiger partial charge in [0.05, 0.1) is 0 Å². The Bertz CT molecular complexity index is 124. The third kappa shape index (κ3) is 3.02. The fourth-order valence-electron chi connectivity index (χ4n) is 1.52. The smallest absolute Gasteiger partial charge is 0.132 e.